The molecule has 0 bridgehead atoms. The number of carbonyl (C=O) groups is 1. The molecule has 0 spiro atoms. The van der Waals surface area contributed by atoms with Crippen LogP contribution in [0.5, 0.6) is 0 Å². The van der Waals surface area contributed by atoms with Gasteiger partial charge in [0, 0.05) is 18.4 Å². The molecule has 0 unspecified atom stereocenters. The Hall–Kier alpha value is -1.83. The summed E-state index contributed by atoms with van der Waals surface area (Å²) in [5, 5.41) is 11.5. The van der Waals surface area contributed by atoms with Gasteiger partial charge in [0.05, 0.1) is 12.0 Å². The van der Waals surface area contributed by atoms with Crippen LogP contribution in [0.3, 0.4) is 0 Å². The SMILES string of the molecule is COC1(CC(=O)Nc2cccc(C#CCO)c2)CCC1. The van der Waals surface area contributed by atoms with Gasteiger partial charge >= 0.3 is 0 Å². The quantitative estimate of drug-likeness (QED) is 0.824. The maximum absolute atomic E-state index is 12.0. The summed E-state index contributed by atoms with van der Waals surface area (Å²) < 4.78 is 5.45. The zero-order valence-corrected chi connectivity index (χ0v) is 11.6. The Bertz CT molecular complexity index is 533. The molecule has 4 heteroatoms. The molecule has 0 atom stereocenters. The van der Waals surface area contributed by atoms with Crippen LogP contribution in [0.1, 0.15) is 31.2 Å². The number of aliphatic hydroxyl groups excluding tert-OH is 1. The van der Waals surface area contributed by atoms with Gasteiger partial charge in [-0.3, -0.25) is 4.79 Å². The van der Waals surface area contributed by atoms with Crippen LogP contribution < -0.4 is 5.32 Å². The fourth-order valence-corrected chi connectivity index (χ4v) is 2.34. The molecular weight excluding hydrogens is 254 g/mol. The summed E-state index contributed by atoms with van der Waals surface area (Å²) in [5.74, 6) is 5.35. The van der Waals surface area contributed by atoms with Gasteiger partial charge in [-0.15, -0.1) is 0 Å². The third kappa shape index (κ3) is 3.60. The molecular formula is C16H19NO3. The van der Waals surface area contributed by atoms with Crippen molar-refractivity contribution >= 4 is 11.6 Å². The van der Waals surface area contributed by atoms with Gasteiger partial charge in [-0.1, -0.05) is 17.9 Å². The van der Waals surface area contributed by atoms with Crippen LogP contribution in [-0.4, -0.2) is 30.3 Å². The molecule has 2 rings (SSSR count). The molecule has 1 amide bonds. The first-order valence-corrected chi connectivity index (χ1v) is 6.72. The van der Waals surface area contributed by atoms with E-state index in [-0.39, 0.29) is 18.1 Å². The zero-order chi connectivity index (χ0) is 14.4. The van der Waals surface area contributed by atoms with Crippen molar-refractivity contribution in [3.05, 3.63) is 29.8 Å². The van der Waals surface area contributed by atoms with Gasteiger partial charge < -0.3 is 15.2 Å². The second-order valence-corrected chi connectivity index (χ2v) is 5.01. The van der Waals surface area contributed by atoms with E-state index in [4.69, 9.17) is 9.84 Å². The first kappa shape index (κ1) is 14.6. The fourth-order valence-electron chi connectivity index (χ4n) is 2.34. The number of amides is 1. The Kier molecular flexibility index (Phi) is 4.78. The summed E-state index contributed by atoms with van der Waals surface area (Å²) in [5.41, 5.74) is 1.21. The summed E-state index contributed by atoms with van der Waals surface area (Å²) >= 11 is 0. The monoisotopic (exact) mass is 273 g/mol. The first-order chi connectivity index (χ1) is 9.67. The van der Waals surface area contributed by atoms with Crippen LogP contribution in [0.2, 0.25) is 0 Å². The minimum atomic E-state index is -0.265. The van der Waals surface area contributed by atoms with Crippen LogP contribution in [-0.2, 0) is 9.53 Å². The highest BCUT2D eigenvalue weighted by Crippen LogP contribution is 2.38. The molecule has 2 N–H and O–H groups in total. The van der Waals surface area contributed by atoms with E-state index in [1.807, 2.05) is 18.2 Å². The molecule has 1 saturated carbocycles. The molecule has 1 aliphatic rings. The average molecular weight is 273 g/mol. The van der Waals surface area contributed by atoms with E-state index in [0.717, 1.165) is 24.8 Å². The highest BCUT2D eigenvalue weighted by molar-refractivity contribution is 5.91. The fraction of sp³-hybridized carbons (Fsp3) is 0.438. The van der Waals surface area contributed by atoms with Crippen LogP contribution in [0, 0.1) is 11.8 Å². The van der Waals surface area contributed by atoms with Gasteiger partial charge in [-0.25, -0.2) is 0 Å². The van der Waals surface area contributed by atoms with Crippen molar-refractivity contribution in [3.63, 3.8) is 0 Å². The number of hydrogen-bond donors (Lipinski definition) is 2. The van der Waals surface area contributed by atoms with E-state index < -0.39 is 0 Å². The van der Waals surface area contributed by atoms with Crippen molar-refractivity contribution in [3.8, 4) is 11.8 Å². The van der Waals surface area contributed by atoms with Crippen molar-refractivity contribution in [2.45, 2.75) is 31.3 Å². The standard InChI is InChI=1S/C16H19NO3/c1-20-16(8-4-9-16)12-15(19)17-14-7-2-5-13(11-14)6-3-10-18/h2,5,7,11,18H,4,8-10,12H2,1H3,(H,17,19). The van der Waals surface area contributed by atoms with E-state index in [2.05, 4.69) is 17.2 Å². The highest BCUT2D eigenvalue weighted by atomic mass is 16.5. The largest absolute Gasteiger partial charge is 0.384 e. The lowest BCUT2D eigenvalue weighted by molar-refractivity contribution is -0.129. The number of rotatable bonds is 4. The number of methoxy groups -OCH3 is 1. The van der Waals surface area contributed by atoms with Crippen LogP contribution in [0.25, 0.3) is 0 Å². The predicted octanol–water partition coefficient (Wildman–Crippen LogP) is 1.93. The minimum absolute atomic E-state index is 0.0428. The number of nitrogens with one attached hydrogen (secondary N) is 1. The van der Waals surface area contributed by atoms with Gasteiger partial charge in [0.2, 0.25) is 5.91 Å². The number of hydrogen-bond acceptors (Lipinski definition) is 3. The molecule has 106 valence electrons. The van der Waals surface area contributed by atoms with Crippen molar-refractivity contribution in [2.24, 2.45) is 0 Å². The molecule has 20 heavy (non-hydrogen) atoms. The summed E-state index contributed by atoms with van der Waals surface area (Å²) in [4.78, 5) is 12.0. The molecule has 1 aromatic rings. The van der Waals surface area contributed by atoms with E-state index in [0.29, 0.717) is 12.1 Å². The number of ether oxygens (including phenoxy) is 1. The topological polar surface area (TPSA) is 58.6 Å². The van der Waals surface area contributed by atoms with Crippen LogP contribution in [0.15, 0.2) is 24.3 Å². The third-order valence-corrected chi connectivity index (χ3v) is 3.64. The van der Waals surface area contributed by atoms with Crippen molar-refractivity contribution in [2.75, 3.05) is 19.0 Å². The van der Waals surface area contributed by atoms with Crippen LogP contribution in [0.4, 0.5) is 5.69 Å². The van der Waals surface area contributed by atoms with E-state index in [1.165, 1.54) is 0 Å². The lowest BCUT2D eigenvalue weighted by atomic mass is 9.77. The van der Waals surface area contributed by atoms with Gasteiger partial charge in [0.25, 0.3) is 0 Å². The minimum Gasteiger partial charge on any atom is -0.384 e. The summed E-state index contributed by atoms with van der Waals surface area (Å²) in [6.45, 7) is -0.174. The average Bonchev–Trinajstić information content (AvgIpc) is 2.41. The van der Waals surface area contributed by atoms with Gasteiger partial charge in [0.15, 0.2) is 0 Å². The second kappa shape index (κ2) is 6.56. The molecule has 0 aliphatic heterocycles. The molecule has 0 radical (unpaired) electrons. The number of aliphatic hydroxyl groups is 1. The molecule has 1 aromatic carbocycles. The normalized spacial score (nSPS) is 15.7. The van der Waals surface area contributed by atoms with E-state index in [9.17, 15) is 4.79 Å². The summed E-state index contributed by atoms with van der Waals surface area (Å²) in [6, 6.07) is 7.27. The molecule has 0 heterocycles. The summed E-state index contributed by atoms with van der Waals surface area (Å²) in [6.07, 6.45) is 3.39. The third-order valence-electron chi connectivity index (χ3n) is 3.64. The van der Waals surface area contributed by atoms with Gasteiger partial charge in [-0.2, -0.15) is 0 Å². The van der Waals surface area contributed by atoms with Crippen molar-refractivity contribution < 1.29 is 14.6 Å². The molecule has 0 saturated heterocycles. The van der Waals surface area contributed by atoms with Crippen molar-refractivity contribution in [1.82, 2.24) is 0 Å². The Labute approximate surface area is 119 Å². The first-order valence-electron chi connectivity index (χ1n) is 6.72. The van der Waals surface area contributed by atoms with Gasteiger partial charge in [-0.05, 0) is 37.5 Å². The molecule has 1 fully saturated rings. The highest BCUT2D eigenvalue weighted by Gasteiger charge is 2.38. The Balaban J connectivity index is 1.97. The maximum Gasteiger partial charge on any atom is 0.227 e. The second-order valence-electron chi connectivity index (χ2n) is 5.01. The number of anilines is 1. The molecule has 4 nitrogen and oxygen atoms in total. The number of carbonyl (C=O) groups excluding carboxylic acids is 1. The Morgan fingerprint density at radius 2 is 2.30 bits per heavy atom. The lowest BCUT2D eigenvalue weighted by Gasteiger charge is -2.39. The summed E-state index contributed by atoms with van der Waals surface area (Å²) in [7, 11) is 1.66. The van der Waals surface area contributed by atoms with E-state index >= 15 is 0 Å². The van der Waals surface area contributed by atoms with Gasteiger partial charge in [0.1, 0.15) is 6.61 Å². The molecule has 1 aliphatic carbocycles. The number of benzene rings is 1. The molecule has 0 aromatic heterocycles. The van der Waals surface area contributed by atoms with E-state index in [1.54, 1.807) is 13.2 Å². The predicted molar refractivity (Wildman–Crippen MR) is 77.2 cm³/mol. The zero-order valence-electron chi connectivity index (χ0n) is 11.6. The Morgan fingerprint density at radius 3 is 2.90 bits per heavy atom. The van der Waals surface area contributed by atoms with Crippen molar-refractivity contribution in [1.29, 1.82) is 0 Å². The van der Waals surface area contributed by atoms with Crippen LogP contribution >= 0.6 is 0 Å². The maximum atomic E-state index is 12.0. The lowest BCUT2D eigenvalue weighted by Crippen LogP contribution is -2.42. The Morgan fingerprint density at radius 1 is 1.50 bits per heavy atom. The smallest absolute Gasteiger partial charge is 0.227 e.